The summed E-state index contributed by atoms with van der Waals surface area (Å²) in [7, 11) is 0. The topological polar surface area (TPSA) is 43.8 Å². The van der Waals surface area contributed by atoms with Crippen LogP contribution in [0.15, 0.2) is 23.5 Å². The molecule has 24 heavy (non-hydrogen) atoms. The molecular weight excluding hydrogens is 298 g/mol. The van der Waals surface area contributed by atoms with E-state index in [1.807, 2.05) is 12.4 Å². The first-order valence-electron chi connectivity index (χ1n) is 9.36. The summed E-state index contributed by atoms with van der Waals surface area (Å²) in [5.41, 5.74) is 2.59. The summed E-state index contributed by atoms with van der Waals surface area (Å²) in [5.74, 6) is 1.07. The predicted octanol–water partition coefficient (Wildman–Crippen LogP) is 2.31. The minimum atomic E-state index is 0.659. The molecule has 0 amide bonds. The second kappa shape index (κ2) is 9.62. The number of nitrogens with zero attached hydrogens (tertiary/aromatic N) is 4. The van der Waals surface area contributed by atoms with Crippen molar-refractivity contribution >= 4 is 5.96 Å². The second-order valence-electron chi connectivity index (χ2n) is 6.40. The Balaban J connectivity index is 1.95. The quantitative estimate of drug-likeness (QED) is 0.615. The Hall–Kier alpha value is -1.62. The van der Waals surface area contributed by atoms with Gasteiger partial charge in [-0.25, -0.2) is 0 Å². The van der Waals surface area contributed by atoms with Crippen LogP contribution in [0.3, 0.4) is 0 Å². The van der Waals surface area contributed by atoms with E-state index in [1.165, 1.54) is 17.5 Å². The molecule has 1 saturated heterocycles. The molecule has 0 spiro atoms. The highest BCUT2D eigenvalue weighted by Crippen LogP contribution is 2.15. The molecule has 1 aliphatic heterocycles. The minimum absolute atomic E-state index is 0.659. The average Bonchev–Trinajstić information content (AvgIpc) is 3.06. The number of hydrogen-bond acceptors (Lipinski definition) is 3. The van der Waals surface area contributed by atoms with Crippen LogP contribution in [0.5, 0.6) is 0 Å². The molecule has 1 N–H and O–H groups in total. The van der Waals surface area contributed by atoms with Crippen molar-refractivity contribution in [3.63, 3.8) is 0 Å². The van der Waals surface area contributed by atoms with Crippen molar-refractivity contribution in [2.75, 3.05) is 39.3 Å². The minimum Gasteiger partial charge on any atom is -0.357 e. The molecule has 5 nitrogen and oxygen atoms in total. The molecule has 1 fully saturated rings. The van der Waals surface area contributed by atoms with Gasteiger partial charge in [0.05, 0.1) is 0 Å². The van der Waals surface area contributed by atoms with Gasteiger partial charge in [0.1, 0.15) is 0 Å². The highest BCUT2D eigenvalue weighted by Gasteiger charge is 2.27. The van der Waals surface area contributed by atoms with E-state index in [4.69, 9.17) is 4.99 Å². The van der Waals surface area contributed by atoms with E-state index in [0.717, 1.165) is 51.6 Å². The van der Waals surface area contributed by atoms with Crippen LogP contribution < -0.4 is 5.32 Å². The Morgan fingerprint density at radius 3 is 2.83 bits per heavy atom. The molecule has 0 aromatic carbocycles. The molecule has 1 unspecified atom stereocenters. The molecular formula is C19H33N5. The number of nitrogens with one attached hydrogen (secondary N) is 1. The monoisotopic (exact) mass is 331 g/mol. The van der Waals surface area contributed by atoms with Gasteiger partial charge in [-0.15, -0.1) is 0 Å². The summed E-state index contributed by atoms with van der Waals surface area (Å²) in [6.45, 7) is 14.9. The first kappa shape index (κ1) is 18.7. The number of likely N-dealkylation sites (tertiary alicyclic amines) is 1. The lowest BCUT2D eigenvalue weighted by Gasteiger charge is -2.27. The van der Waals surface area contributed by atoms with E-state index in [9.17, 15) is 0 Å². The Kier molecular flexibility index (Phi) is 7.50. The summed E-state index contributed by atoms with van der Waals surface area (Å²) >= 11 is 0. The van der Waals surface area contributed by atoms with Crippen LogP contribution in [0, 0.1) is 6.92 Å². The van der Waals surface area contributed by atoms with Crippen LogP contribution in [0.1, 0.15) is 38.3 Å². The number of aliphatic imine (C=N–C) groups is 1. The maximum Gasteiger partial charge on any atom is 0.193 e. The van der Waals surface area contributed by atoms with Crippen molar-refractivity contribution in [1.82, 2.24) is 20.1 Å². The molecule has 5 heteroatoms. The number of likely N-dealkylation sites (N-methyl/N-ethyl adjacent to an activating group) is 1. The van der Waals surface area contributed by atoms with Crippen molar-refractivity contribution in [2.24, 2.45) is 4.99 Å². The van der Waals surface area contributed by atoms with Crippen molar-refractivity contribution < 1.29 is 0 Å². The van der Waals surface area contributed by atoms with Gasteiger partial charge in [-0.05, 0) is 57.0 Å². The molecule has 1 aromatic heterocycles. The summed E-state index contributed by atoms with van der Waals surface area (Å²) < 4.78 is 0. The molecule has 0 aliphatic carbocycles. The number of rotatable bonds is 7. The fraction of sp³-hybridized carbons (Fsp3) is 0.684. The van der Waals surface area contributed by atoms with Gasteiger partial charge in [-0.1, -0.05) is 13.8 Å². The van der Waals surface area contributed by atoms with Gasteiger partial charge in [0.2, 0.25) is 0 Å². The first-order valence-corrected chi connectivity index (χ1v) is 9.36. The van der Waals surface area contributed by atoms with Crippen molar-refractivity contribution in [1.29, 1.82) is 0 Å². The van der Waals surface area contributed by atoms with E-state index in [1.54, 1.807) is 0 Å². The maximum absolute atomic E-state index is 4.87. The number of pyridine rings is 1. The van der Waals surface area contributed by atoms with Gasteiger partial charge < -0.3 is 10.2 Å². The number of aryl methyl sites for hydroxylation is 1. The molecule has 1 aliphatic rings. The van der Waals surface area contributed by atoms with E-state index in [2.05, 4.69) is 53.9 Å². The molecule has 1 aromatic rings. The Morgan fingerprint density at radius 2 is 2.17 bits per heavy atom. The van der Waals surface area contributed by atoms with Crippen molar-refractivity contribution in [3.8, 4) is 0 Å². The highest BCUT2D eigenvalue weighted by molar-refractivity contribution is 5.80. The molecule has 2 rings (SSSR count). The van der Waals surface area contributed by atoms with Gasteiger partial charge in [-0.2, -0.15) is 0 Å². The van der Waals surface area contributed by atoms with Gasteiger partial charge in [0.25, 0.3) is 0 Å². The van der Waals surface area contributed by atoms with E-state index in [-0.39, 0.29) is 0 Å². The van der Waals surface area contributed by atoms with Gasteiger partial charge in [0, 0.05) is 44.6 Å². The summed E-state index contributed by atoms with van der Waals surface area (Å²) in [6.07, 6.45) is 6.00. The number of guanidine groups is 1. The average molecular weight is 332 g/mol. The number of aromatic nitrogens is 1. The SMILES string of the molecule is CCNC(=NCCc1ccncc1C)N1CCC(N(CC)CC)C1. The zero-order chi connectivity index (χ0) is 17.4. The third-order valence-corrected chi connectivity index (χ3v) is 4.91. The van der Waals surface area contributed by atoms with Crippen LogP contribution in [-0.2, 0) is 6.42 Å². The molecule has 1 atom stereocenters. The Bertz CT molecular complexity index is 524. The zero-order valence-electron chi connectivity index (χ0n) is 15.8. The lowest BCUT2D eigenvalue weighted by Crippen LogP contribution is -2.43. The zero-order valence-corrected chi connectivity index (χ0v) is 15.8. The van der Waals surface area contributed by atoms with Crippen LogP contribution in [0.4, 0.5) is 0 Å². The highest BCUT2D eigenvalue weighted by atomic mass is 15.3. The smallest absolute Gasteiger partial charge is 0.193 e. The van der Waals surface area contributed by atoms with Crippen molar-refractivity contribution in [2.45, 2.75) is 46.6 Å². The Morgan fingerprint density at radius 1 is 1.38 bits per heavy atom. The predicted molar refractivity (Wildman–Crippen MR) is 102 cm³/mol. The summed E-state index contributed by atoms with van der Waals surface area (Å²) in [6, 6.07) is 2.76. The van der Waals surface area contributed by atoms with Crippen LogP contribution in [0.25, 0.3) is 0 Å². The maximum atomic E-state index is 4.87. The fourth-order valence-corrected chi connectivity index (χ4v) is 3.46. The van der Waals surface area contributed by atoms with Crippen LogP contribution in [-0.4, -0.2) is 66.1 Å². The second-order valence-corrected chi connectivity index (χ2v) is 6.40. The van der Waals surface area contributed by atoms with Crippen LogP contribution >= 0.6 is 0 Å². The van der Waals surface area contributed by atoms with Gasteiger partial charge in [0.15, 0.2) is 5.96 Å². The van der Waals surface area contributed by atoms with Gasteiger partial charge in [-0.3, -0.25) is 14.9 Å². The normalized spacial score (nSPS) is 18.5. The lowest BCUT2D eigenvalue weighted by atomic mass is 10.1. The standard InChI is InChI=1S/C19H33N5/c1-5-21-19(22-12-9-17-8-11-20-14-16(17)4)24-13-10-18(15-24)23(6-2)7-3/h8,11,14,18H,5-7,9-10,12-13,15H2,1-4H3,(H,21,22). The first-order chi connectivity index (χ1) is 11.7. The third kappa shape index (κ3) is 4.94. The molecule has 0 saturated carbocycles. The van der Waals surface area contributed by atoms with E-state index < -0.39 is 0 Å². The van der Waals surface area contributed by atoms with Gasteiger partial charge >= 0.3 is 0 Å². The fourth-order valence-electron chi connectivity index (χ4n) is 3.46. The van der Waals surface area contributed by atoms with Crippen LogP contribution in [0.2, 0.25) is 0 Å². The summed E-state index contributed by atoms with van der Waals surface area (Å²) in [5, 5.41) is 3.47. The van der Waals surface area contributed by atoms with Crippen molar-refractivity contribution in [3.05, 3.63) is 29.6 Å². The third-order valence-electron chi connectivity index (χ3n) is 4.91. The largest absolute Gasteiger partial charge is 0.357 e. The Labute approximate surface area is 147 Å². The lowest BCUT2D eigenvalue weighted by molar-refractivity contribution is 0.223. The molecule has 2 heterocycles. The molecule has 0 radical (unpaired) electrons. The van der Waals surface area contributed by atoms with E-state index in [0.29, 0.717) is 6.04 Å². The number of hydrogen-bond donors (Lipinski definition) is 1. The summed E-state index contributed by atoms with van der Waals surface area (Å²) in [4.78, 5) is 14.0. The van der Waals surface area contributed by atoms with E-state index >= 15 is 0 Å². The molecule has 0 bridgehead atoms. The molecule has 134 valence electrons.